The maximum absolute atomic E-state index is 13.3. The Morgan fingerprint density at radius 3 is 2.90 bits per heavy atom. The fourth-order valence-corrected chi connectivity index (χ4v) is 2.75. The number of benzene rings is 2. The van der Waals surface area contributed by atoms with Crippen LogP contribution in [0.5, 0.6) is 0 Å². The molecule has 0 fully saturated rings. The molecule has 3 rings (SSSR count). The highest BCUT2D eigenvalue weighted by Crippen LogP contribution is 2.27. The van der Waals surface area contributed by atoms with Crippen LogP contribution in [-0.4, -0.2) is 13.0 Å². The van der Waals surface area contributed by atoms with Crippen molar-refractivity contribution in [1.82, 2.24) is 5.32 Å². The highest BCUT2D eigenvalue weighted by atomic mass is 19.1. The first-order valence-electron chi connectivity index (χ1n) is 7.00. The molecule has 1 aliphatic heterocycles. The van der Waals surface area contributed by atoms with E-state index in [0.717, 1.165) is 22.4 Å². The van der Waals surface area contributed by atoms with Crippen LogP contribution in [0.2, 0.25) is 0 Å². The average molecular weight is 284 g/mol. The fourth-order valence-electron chi connectivity index (χ4n) is 2.75. The van der Waals surface area contributed by atoms with Gasteiger partial charge in [-0.3, -0.25) is 4.79 Å². The molecule has 1 amide bonds. The molecule has 0 spiro atoms. The van der Waals surface area contributed by atoms with Gasteiger partial charge in [-0.15, -0.1) is 0 Å². The summed E-state index contributed by atoms with van der Waals surface area (Å²) in [6.07, 6.45) is 1.13. The van der Waals surface area contributed by atoms with Gasteiger partial charge in [-0.25, -0.2) is 4.39 Å². The monoisotopic (exact) mass is 284 g/mol. The van der Waals surface area contributed by atoms with E-state index < -0.39 is 0 Å². The molecule has 1 aliphatic rings. The van der Waals surface area contributed by atoms with E-state index in [9.17, 15) is 9.18 Å². The van der Waals surface area contributed by atoms with Crippen molar-refractivity contribution in [1.29, 1.82) is 0 Å². The van der Waals surface area contributed by atoms with Crippen molar-refractivity contribution in [2.24, 2.45) is 0 Å². The highest BCUT2D eigenvalue weighted by molar-refractivity contribution is 5.99. The zero-order valence-corrected chi connectivity index (χ0v) is 11.8. The van der Waals surface area contributed by atoms with Gasteiger partial charge >= 0.3 is 0 Å². The molecule has 4 heteroatoms. The summed E-state index contributed by atoms with van der Waals surface area (Å²) < 4.78 is 13.3. The third kappa shape index (κ3) is 2.95. The first kappa shape index (κ1) is 13.8. The van der Waals surface area contributed by atoms with Gasteiger partial charge < -0.3 is 10.6 Å². The second-order valence-corrected chi connectivity index (χ2v) is 5.32. The number of hydrogen-bond acceptors (Lipinski definition) is 2. The van der Waals surface area contributed by atoms with Crippen molar-refractivity contribution in [3.05, 3.63) is 65.0 Å². The number of nitrogens with one attached hydrogen (secondary N) is 2. The van der Waals surface area contributed by atoms with E-state index in [0.29, 0.717) is 12.8 Å². The Morgan fingerprint density at radius 1 is 1.29 bits per heavy atom. The molecule has 2 N–H and O–H groups in total. The minimum Gasteiger partial charge on any atom is -0.326 e. The molecule has 0 aliphatic carbocycles. The predicted molar refractivity (Wildman–Crippen MR) is 80.7 cm³/mol. The van der Waals surface area contributed by atoms with Gasteiger partial charge in [0.15, 0.2) is 0 Å². The van der Waals surface area contributed by atoms with Crippen LogP contribution in [0.15, 0.2) is 42.5 Å². The largest absolute Gasteiger partial charge is 0.326 e. The predicted octanol–water partition coefficient (Wildman–Crippen LogP) is 2.82. The van der Waals surface area contributed by atoms with Crippen LogP contribution in [-0.2, 0) is 17.6 Å². The lowest BCUT2D eigenvalue weighted by molar-refractivity contribution is -0.115. The van der Waals surface area contributed by atoms with Gasteiger partial charge in [0.1, 0.15) is 5.82 Å². The van der Waals surface area contributed by atoms with Crippen molar-refractivity contribution in [2.45, 2.75) is 18.9 Å². The minimum absolute atomic E-state index is 0.0355. The molecule has 0 saturated carbocycles. The molecule has 1 unspecified atom stereocenters. The van der Waals surface area contributed by atoms with Gasteiger partial charge in [0, 0.05) is 11.7 Å². The molecule has 2 aromatic rings. The van der Waals surface area contributed by atoms with Gasteiger partial charge in [-0.1, -0.05) is 24.3 Å². The Bertz CT molecular complexity index is 684. The number of halogens is 1. The Morgan fingerprint density at radius 2 is 2.14 bits per heavy atom. The topological polar surface area (TPSA) is 41.1 Å². The highest BCUT2D eigenvalue weighted by Gasteiger charge is 2.19. The van der Waals surface area contributed by atoms with Gasteiger partial charge in [0.2, 0.25) is 5.91 Å². The number of carbonyl (C=O) groups is 1. The quantitative estimate of drug-likeness (QED) is 0.906. The van der Waals surface area contributed by atoms with Crippen LogP contribution in [0.1, 0.15) is 22.7 Å². The van der Waals surface area contributed by atoms with E-state index in [4.69, 9.17) is 0 Å². The van der Waals surface area contributed by atoms with Crippen molar-refractivity contribution in [3.8, 4) is 0 Å². The number of likely N-dealkylation sites (N-methyl/N-ethyl adjacent to an activating group) is 1. The fraction of sp³-hybridized carbons (Fsp3) is 0.235. The molecule has 0 saturated heterocycles. The number of anilines is 1. The third-order valence-electron chi connectivity index (χ3n) is 3.83. The SMILES string of the molecule is CNC(Cc1cccc(F)c1)c1ccc2c(c1)CC(=O)N2. The lowest BCUT2D eigenvalue weighted by atomic mass is 9.96. The van der Waals surface area contributed by atoms with Crippen LogP contribution < -0.4 is 10.6 Å². The summed E-state index contributed by atoms with van der Waals surface area (Å²) in [7, 11) is 1.89. The van der Waals surface area contributed by atoms with E-state index in [1.54, 1.807) is 12.1 Å². The first-order valence-corrected chi connectivity index (χ1v) is 7.00. The molecule has 108 valence electrons. The molecule has 1 heterocycles. The van der Waals surface area contributed by atoms with Crippen molar-refractivity contribution in [3.63, 3.8) is 0 Å². The van der Waals surface area contributed by atoms with Crippen molar-refractivity contribution < 1.29 is 9.18 Å². The number of rotatable bonds is 4. The van der Waals surface area contributed by atoms with Crippen LogP contribution in [0, 0.1) is 5.82 Å². The summed E-state index contributed by atoms with van der Waals surface area (Å²) in [5.74, 6) is -0.181. The van der Waals surface area contributed by atoms with Crippen molar-refractivity contribution >= 4 is 11.6 Å². The van der Waals surface area contributed by atoms with Gasteiger partial charge in [-0.05, 0) is 48.4 Å². The lowest BCUT2D eigenvalue weighted by Crippen LogP contribution is -2.19. The lowest BCUT2D eigenvalue weighted by Gasteiger charge is -2.18. The molecular weight excluding hydrogens is 267 g/mol. The summed E-state index contributed by atoms with van der Waals surface area (Å²) in [6.45, 7) is 0. The molecule has 21 heavy (non-hydrogen) atoms. The van der Waals surface area contributed by atoms with Crippen LogP contribution in [0.25, 0.3) is 0 Å². The van der Waals surface area contributed by atoms with E-state index in [2.05, 4.69) is 10.6 Å². The summed E-state index contributed by atoms with van der Waals surface area (Å²) in [5.41, 5.74) is 3.97. The maximum Gasteiger partial charge on any atom is 0.228 e. The molecule has 0 aromatic heterocycles. The minimum atomic E-state index is -0.217. The summed E-state index contributed by atoms with van der Waals surface area (Å²) in [6, 6.07) is 12.7. The number of amides is 1. The Kier molecular flexibility index (Phi) is 3.71. The molecule has 1 atom stereocenters. The average Bonchev–Trinajstić information content (AvgIpc) is 2.84. The van der Waals surface area contributed by atoms with Crippen LogP contribution in [0.3, 0.4) is 0 Å². The molecule has 0 bridgehead atoms. The third-order valence-corrected chi connectivity index (χ3v) is 3.83. The number of hydrogen-bond donors (Lipinski definition) is 2. The van der Waals surface area contributed by atoms with Crippen molar-refractivity contribution in [2.75, 3.05) is 12.4 Å². The smallest absolute Gasteiger partial charge is 0.228 e. The molecular formula is C17H17FN2O. The van der Waals surface area contributed by atoms with Gasteiger partial charge in [0.05, 0.1) is 6.42 Å². The zero-order chi connectivity index (χ0) is 14.8. The Labute approximate surface area is 123 Å². The number of carbonyl (C=O) groups excluding carboxylic acids is 1. The van der Waals surface area contributed by atoms with E-state index >= 15 is 0 Å². The Hall–Kier alpha value is -2.20. The summed E-state index contributed by atoms with van der Waals surface area (Å²) >= 11 is 0. The van der Waals surface area contributed by atoms with Crippen LogP contribution in [0.4, 0.5) is 10.1 Å². The summed E-state index contributed by atoms with van der Waals surface area (Å²) in [5, 5.41) is 6.09. The number of fused-ring (bicyclic) bond motifs is 1. The van der Waals surface area contributed by atoms with Gasteiger partial charge in [-0.2, -0.15) is 0 Å². The molecule has 2 aromatic carbocycles. The molecule has 0 radical (unpaired) electrons. The second kappa shape index (κ2) is 5.66. The second-order valence-electron chi connectivity index (χ2n) is 5.32. The van der Waals surface area contributed by atoms with E-state index in [1.165, 1.54) is 6.07 Å². The van der Waals surface area contributed by atoms with E-state index in [-0.39, 0.29) is 17.8 Å². The maximum atomic E-state index is 13.3. The Balaban J connectivity index is 1.84. The first-order chi connectivity index (χ1) is 10.2. The van der Waals surface area contributed by atoms with E-state index in [1.807, 2.05) is 31.3 Å². The summed E-state index contributed by atoms with van der Waals surface area (Å²) in [4.78, 5) is 11.4. The van der Waals surface area contributed by atoms with Gasteiger partial charge in [0.25, 0.3) is 0 Å². The van der Waals surface area contributed by atoms with Crippen LogP contribution >= 0.6 is 0 Å². The zero-order valence-electron chi connectivity index (χ0n) is 11.8. The normalized spacial score (nSPS) is 14.7. The molecule has 3 nitrogen and oxygen atoms in total. The standard InChI is InChI=1S/C17H17FN2O/c1-19-16(8-11-3-2-4-14(18)7-11)12-5-6-15-13(9-12)10-17(21)20-15/h2-7,9,16,19H,8,10H2,1H3,(H,20,21).